The standard InChI is InChI=1S/C21H23N3O4/c1-13-3-4-14(2)17(9-13)23-21(26)22-15-10-20(25)24(12-15)16-5-6-18-19(11-16)28-8-7-27-18/h3-6,9,11,15H,7-8,10,12H2,1-2H3,(H2,22,23,26)/t15-/m1/s1. The van der Waals surface area contributed by atoms with Crippen molar-refractivity contribution in [1.29, 1.82) is 0 Å². The molecule has 2 aromatic rings. The summed E-state index contributed by atoms with van der Waals surface area (Å²) in [5.41, 5.74) is 3.57. The zero-order chi connectivity index (χ0) is 19.7. The van der Waals surface area contributed by atoms with Crippen LogP contribution in [0.1, 0.15) is 17.5 Å². The number of nitrogens with one attached hydrogen (secondary N) is 2. The summed E-state index contributed by atoms with van der Waals surface area (Å²) in [5.74, 6) is 1.29. The smallest absolute Gasteiger partial charge is 0.319 e. The van der Waals surface area contributed by atoms with Crippen molar-refractivity contribution in [2.24, 2.45) is 0 Å². The maximum Gasteiger partial charge on any atom is 0.319 e. The topological polar surface area (TPSA) is 79.9 Å². The zero-order valence-electron chi connectivity index (χ0n) is 16.0. The van der Waals surface area contributed by atoms with Crippen LogP contribution in [0, 0.1) is 13.8 Å². The molecule has 0 radical (unpaired) electrons. The summed E-state index contributed by atoms with van der Waals surface area (Å²) in [6, 6.07) is 10.8. The molecule has 0 aliphatic carbocycles. The molecule has 28 heavy (non-hydrogen) atoms. The van der Waals surface area contributed by atoms with E-state index in [4.69, 9.17) is 9.47 Å². The minimum absolute atomic E-state index is 0.0336. The van der Waals surface area contributed by atoms with E-state index < -0.39 is 0 Å². The number of nitrogens with zero attached hydrogens (tertiary/aromatic N) is 1. The lowest BCUT2D eigenvalue weighted by Gasteiger charge is -2.22. The average Bonchev–Trinajstić information content (AvgIpc) is 3.04. The van der Waals surface area contributed by atoms with Crippen molar-refractivity contribution in [1.82, 2.24) is 5.32 Å². The van der Waals surface area contributed by atoms with Gasteiger partial charge in [0.25, 0.3) is 0 Å². The maximum atomic E-state index is 12.5. The second-order valence-electron chi connectivity index (χ2n) is 7.15. The van der Waals surface area contributed by atoms with Crippen LogP contribution in [0.5, 0.6) is 11.5 Å². The third kappa shape index (κ3) is 3.74. The fourth-order valence-electron chi connectivity index (χ4n) is 3.47. The van der Waals surface area contributed by atoms with Gasteiger partial charge in [0.1, 0.15) is 13.2 Å². The number of carbonyl (C=O) groups is 2. The lowest BCUT2D eigenvalue weighted by molar-refractivity contribution is -0.117. The second-order valence-corrected chi connectivity index (χ2v) is 7.15. The van der Waals surface area contributed by atoms with Crippen molar-refractivity contribution in [3.05, 3.63) is 47.5 Å². The van der Waals surface area contributed by atoms with Gasteiger partial charge in [-0.15, -0.1) is 0 Å². The molecule has 2 heterocycles. The predicted octanol–water partition coefficient (Wildman–Crippen LogP) is 3.00. The molecule has 2 N–H and O–H groups in total. The lowest BCUT2D eigenvalue weighted by atomic mass is 10.1. The van der Waals surface area contributed by atoms with Gasteiger partial charge < -0.3 is 25.0 Å². The molecule has 3 amide bonds. The van der Waals surface area contributed by atoms with Crippen LogP contribution in [0.15, 0.2) is 36.4 Å². The van der Waals surface area contributed by atoms with Gasteiger partial charge >= 0.3 is 6.03 Å². The molecule has 0 spiro atoms. The first-order valence-electron chi connectivity index (χ1n) is 9.34. The highest BCUT2D eigenvalue weighted by Gasteiger charge is 2.32. The molecule has 0 aromatic heterocycles. The molecule has 0 unspecified atom stereocenters. The Labute approximate surface area is 163 Å². The SMILES string of the molecule is Cc1ccc(C)c(NC(=O)N[C@@H]2CC(=O)N(c3ccc4c(c3)OCCO4)C2)c1. The number of anilines is 2. The number of hydrogen-bond donors (Lipinski definition) is 2. The Bertz CT molecular complexity index is 928. The first-order valence-corrected chi connectivity index (χ1v) is 9.34. The molecule has 2 aliphatic rings. The number of amides is 3. The van der Waals surface area contributed by atoms with E-state index >= 15 is 0 Å². The van der Waals surface area contributed by atoms with Gasteiger partial charge in [-0.25, -0.2) is 4.79 Å². The number of benzene rings is 2. The molecular weight excluding hydrogens is 358 g/mol. The number of hydrogen-bond acceptors (Lipinski definition) is 4. The van der Waals surface area contributed by atoms with Crippen LogP contribution in [0.25, 0.3) is 0 Å². The normalized spacial score (nSPS) is 18.1. The number of aryl methyl sites for hydroxylation is 2. The monoisotopic (exact) mass is 381 g/mol. The number of carbonyl (C=O) groups excluding carboxylic acids is 2. The summed E-state index contributed by atoms with van der Waals surface area (Å²) in [5, 5.41) is 5.77. The molecule has 7 heteroatoms. The van der Waals surface area contributed by atoms with Gasteiger partial charge in [0.05, 0.1) is 6.04 Å². The number of fused-ring (bicyclic) bond motifs is 1. The van der Waals surface area contributed by atoms with Crippen LogP contribution in [0.2, 0.25) is 0 Å². The Balaban J connectivity index is 1.40. The van der Waals surface area contributed by atoms with Crippen LogP contribution in [-0.2, 0) is 4.79 Å². The fraction of sp³-hybridized carbons (Fsp3) is 0.333. The third-order valence-corrected chi connectivity index (χ3v) is 4.94. The van der Waals surface area contributed by atoms with Crippen LogP contribution in [0.4, 0.5) is 16.2 Å². The number of urea groups is 1. The average molecular weight is 381 g/mol. The van der Waals surface area contributed by atoms with Gasteiger partial charge in [-0.2, -0.15) is 0 Å². The predicted molar refractivity (Wildman–Crippen MR) is 106 cm³/mol. The Hall–Kier alpha value is -3.22. The van der Waals surface area contributed by atoms with Crippen molar-refractivity contribution in [3.8, 4) is 11.5 Å². The summed E-state index contributed by atoms with van der Waals surface area (Å²) in [6.07, 6.45) is 0.259. The van der Waals surface area contributed by atoms with Crippen LogP contribution < -0.4 is 25.0 Å². The van der Waals surface area contributed by atoms with Crippen LogP contribution in [0.3, 0.4) is 0 Å². The van der Waals surface area contributed by atoms with Gasteiger partial charge in [0.15, 0.2) is 11.5 Å². The zero-order valence-corrected chi connectivity index (χ0v) is 16.0. The molecule has 1 fully saturated rings. The molecular formula is C21H23N3O4. The van der Waals surface area contributed by atoms with Gasteiger partial charge in [-0.3, -0.25) is 4.79 Å². The largest absolute Gasteiger partial charge is 0.486 e. The minimum Gasteiger partial charge on any atom is -0.486 e. The van der Waals surface area contributed by atoms with Gasteiger partial charge in [0.2, 0.25) is 5.91 Å². The quantitative estimate of drug-likeness (QED) is 0.857. The molecule has 0 bridgehead atoms. The number of ether oxygens (including phenoxy) is 2. The van der Waals surface area contributed by atoms with E-state index in [0.29, 0.717) is 31.3 Å². The van der Waals surface area contributed by atoms with Crippen molar-refractivity contribution in [3.63, 3.8) is 0 Å². The molecule has 0 saturated carbocycles. The van der Waals surface area contributed by atoms with E-state index in [1.807, 2.05) is 50.2 Å². The van der Waals surface area contributed by atoms with E-state index in [-0.39, 0.29) is 24.4 Å². The summed E-state index contributed by atoms with van der Waals surface area (Å²) < 4.78 is 11.1. The Morgan fingerprint density at radius 2 is 1.86 bits per heavy atom. The number of rotatable bonds is 3. The van der Waals surface area contributed by atoms with E-state index in [9.17, 15) is 9.59 Å². The fourth-order valence-corrected chi connectivity index (χ4v) is 3.47. The van der Waals surface area contributed by atoms with Crippen LogP contribution in [-0.4, -0.2) is 37.7 Å². The van der Waals surface area contributed by atoms with E-state index in [1.54, 1.807) is 4.90 Å². The molecule has 1 atom stereocenters. The first kappa shape index (κ1) is 18.2. The van der Waals surface area contributed by atoms with Crippen molar-refractivity contribution in [2.45, 2.75) is 26.3 Å². The Morgan fingerprint density at radius 3 is 2.68 bits per heavy atom. The summed E-state index contributed by atoms with van der Waals surface area (Å²) in [6.45, 7) is 5.35. The lowest BCUT2D eigenvalue weighted by Crippen LogP contribution is -2.39. The second kappa shape index (κ2) is 7.42. The van der Waals surface area contributed by atoms with Gasteiger partial charge in [0, 0.05) is 30.4 Å². The first-order chi connectivity index (χ1) is 13.5. The van der Waals surface area contributed by atoms with Crippen molar-refractivity contribution in [2.75, 3.05) is 30.0 Å². The highest BCUT2D eigenvalue weighted by atomic mass is 16.6. The van der Waals surface area contributed by atoms with E-state index in [1.165, 1.54) is 0 Å². The third-order valence-electron chi connectivity index (χ3n) is 4.94. The van der Waals surface area contributed by atoms with E-state index in [2.05, 4.69) is 10.6 Å². The molecule has 2 aromatic carbocycles. The molecule has 7 nitrogen and oxygen atoms in total. The van der Waals surface area contributed by atoms with E-state index in [0.717, 1.165) is 22.5 Å². The molecule has 2 aliphatic heterocycles. The minimum atomic E-state index is -0.310. The maximum absolute atomic E-state index is 12.5. The van der Waals surface area contributed by atoms with Crippen molar-refractivity contribution >= 4 is 23.3 Å². The molecule has 1 saturated heterocycles. The summed E-state index contributed by atoms with van der Waals surface area (Å²) >= 11 is 0. The highest BCUT2D eigenvalue weighted by molar-refractivity contribution is 5.98. The molecule has 4 rings (SSSR count). The Kier molecular flexibility index (Phi) is 4.81. The van der Waals surface area contributed by atoms with Gasteiger partial charge in [-0.1, -0.05) is 12.1 Å². The summed E-state index contributed by atoms with van der Waals surface area (Å²) in [4.78, 5) is 26.5. The van der Waals surface area contributed by atoms with Gasteiger partial charge in [-0.05, 0) is 43.2 Å². The highest BCUT2D eigenvalue weighted by Crippen LogP contribution is 2.35. The Morgan fingerprint density at radius 1 is 1.07 bits per heavy atom. The summed E-state index contributed by atoms with van der Waals surface area (Å²) in [7, 11) is 0. The van der Waals surface area contributed by atoms with Crippen LogP contribution >= 0.6 is 0 Å². The molecule has 146 valence electrons. The van der Waals surface area contributed by atoms with Crippen molar-refractivity contribution < 1.29 is 19.1 Å².